The second kappa shape index (κ2) is 7.71. The SMILES string of the molecule is CCCNC(C)c1ccc(OCC(=O)NC)cc1. The fourth-order valence-electron chi connectivity index (χ4n) is 1.55. The lowest BCUT2D eigenvalue weighted by Gasteiger charge is -2.14. The summed E-state index contributed by atoms with van der Waals surface area (Å²) in [6.07, 6.45) is 1.12. The van der Waals surface area contributed by atoms with Crippen molar-refractivity contribution in [3.05, 3.63) is 29.8 Å². The Labute approximate surface area is 109 Å². The predicted molar refractivity (Wildman–Crippen MR) is 72.7 cm³/mol. The molecule has 1 aromatic rings. The normalized spacial score (nSPS) is 11.9. The summed E-state index contributed by atoms with van der Waals surface area (Å²) in [6.45, 7) is 5.35. The van der Waals surface area contributed by atoms with Crippen molar-refractivity contribution in [2.24, 2.45) is 0 Å². The van der Waals surface area contributed by atoms with Gasteiger partial charge in [-0.05, 0) is 37.6 Å². The Morgan fingerprint density at radius 1 is 1.33 bits per heavy atom. The molecule has 4 heteroatoms. The first kappa shape index (κ1) is 14.5. The van der Waals surface area contributed by atoms with Crippen molar-refractivity contribution < 1.29 is 9.53 Å². The van der Waals surface area contributed by atoms with Gasteiger partial charge in [-0.1, -0.05) is 19.1 Å². The summed E-state index contributed by atoms with van der Waals surface area (Å²) < 4.78 is 5.34. The van der Waals surface area contributed by atoms with Crippen molar-refractivity contribution in [1.29, 1.82) is 0 Å². The summed E-state index contributed by atoms with van der Waals surface area (Å²) in [5, 5.41) is 5.94. The van der Waals surface area contributed by atoms with Crippen LogP contribution in [0.5, 0.6) is 5.75 Å². The van der Waals surface area contributed by atoms with Crippen molar-refractivity contribution in [3.63, 3.8) is 0 Å². The first-order chi connectivity index (χ1) is 8.67. The largest absolute Gasteiger partial charge is 0.484 e. The molecule has 0 aromatic heterocycles. The maximum absolute atomic E-state index is 11.0. The minimum atomic E-state index is -0.128. The van der Waals surface area contributed by atoms with Crippen molar-refractivity contribution in [2.45, 2.75) is 26.3 Å². The van der Waals surface area contributed by atoms with E-state index < -0.39 is 0 Å². The van der Waals surface area contributed by atoms with Gasteiger partial charge in [0, 0.05) is 13.1 Å². The Morgan fingerprint density at radius 3 is 2.56 bits per heavy atom. The molecule has 4 nitrogen and oxygen atoms in total. The number of rotatable bonds is 7. The smallest absolute Gasteiger partial charge is 0.257 e. The van der Waals surface area contributed by atoms with Crippen LogP contribution in [0.4, 0.5) is 0 Å². The Hall–Kier alpha value is -1.55. The highest BCUT2D eigenvalue weighted by atomic mass is 16.5. The van der Waals surface area contributed by atoms with Crippen LogP contribution >= 0.6 is 0 Å². The molecule has 0 saturated carbocycles. The zero-order chi connectivity index (χ0) is 13.4. The van der Waals surface area contributed by atoms with Gasteiger partial charge in [-0.25, -0.2) is 0 Å². The summed E-state index contributed by atoms with van der Waals surface area (Å²) in [5.74, 6) is 0.585. The van der Waals surface area contributed by atoms with Gasteiger partial charge in [0.1, 0.15) is 5.75 Å². The van der Waals surface area contributed by atoms with E-state index in [1.807, 2.05) is 24.3 Å². The van der Waals surface area contributed by atoms with Crippen molar-refractivity contribution in [2.75, 3.05) is 20.2 Å². The average molecular weight is 250 g/mol. The van der Waals surface area contributed by atoms with Crippen LogP contribution in [-0.2, 0) is 4.79 Å². The van der Waals surface area contributed by atoms with Gasteiger partial charge < -0.3 is 15.4 Å². The molecule has 0 saturated heterocycles. The predicted octanol–water partition coefficient (Wildman–Crippen LogP) is 1.87. The number of carbonyl (C=O) groups excluding carboxylic acids is 1. The number of likely N-dealkylation sites (N-methyl/N-ethyl adjacent to an activating group) is 1. The molecule has 2 N–H and O–H groups in total. The number of hydrogen-bond acceptors (Lipinski definition) is 3. The second-order valence-corrected chi connectivity index (χ2v) is 4.21. The quantitative estimate of drug-likeness (QED) is 0.776. The molecule has 0 spiro atoms. The van der Waals surface area contributed by atoms with Crippen LogP contribution in [0.3, 0.4) is 0 Å². The van der Waals surface area contributed by atoms with Gasteiger partial charge in [-0.3, -0.25) is 4.79 Å². The van der Waals surface area contributed by atoms with Crippen LogP contribution in [-0.4, -0.2) is 26.1 Å². The third-order valence-electron chi connectivity index (χ3n) is 2.73. The zero-order valence-electron chi connectivity index (χ0n) is 11.3. The molecule has 0 radical (unpaired) electrons. The van der Waals surface area contributed by atoms with E-state index in [1.54, 1.807) is 7.05 Å². The van der Waals surface area contributed by atoms with Crippen LogP contribution in [0.2, 0.25) is 0 Å². The van der Waals surface area contributed by atoms with Crippen molar-refractivity contribution in [3.8, 4) is 5.75 Å². The summed E-state index contributed by atoms with van der Waals surface area (Å²) in [5.41, 5.74) is 1.22. The summed E-state index contributed by atoms with van der Waals surface area (Å²) in [7, 11) is 1.59. The third-order valence-corrected chi connectivity index (χ3v) is 2.73. The monoisotopic (exact) mass is 250 g/mol. The Kier molecular flexibility index (Phi) is 6.22. The molecule has 0 aliphatic rings. The summed E-state index contributed by atoms with van der Waals surface area (Å²) in [4.78, 5) is 11.0. The Balaban J connectivity index is 2.49. The average Bonchev–Trinajstić information content (AvgIpc) is 2.42. The maximum atomic E-state index is 11.0. The lowest BCUT2D eigenvalue weighted by Crippen LogP contribution is -2.24. The van der Waals surface area contributed by atoms with Crippen molar-refractivity contribution >= 4 is 5.91 Å². The van der Waals surface area contributed by atoms with E-state index in [0.717, 1.165) is 13.0 Å². The number of nitrogens with one attached hydrogen (secondary N) is 2. The number of benzene rings is 1. The standard InChI is InChI=1S/C14H22N2O2/c1-4-9-16-11(2)12-5-7-13(8-6-12)18-10-14(17)15-3/h5-8,11,16H,4,9-10H2,1-3H3,(H,15,17). The van der Waals surface area contributed by atoms with E-state index in [2.05, 4.69) is 24.5 Å². The molecule has 0 aliphatic carbocycles. The minimum Gasteiger partial charge on any atom is -0.484 e. The lowest BCUT2D eigenvalue weighted by atomic mass is 10.1. The lowest BCUT2D eigenvalue weighted by molar-refractivity contribution is -0.122. The van der Waals surface area contributed by atoms with Crippen LogP contribution < -0.4 is 15.4 Å². The maximum Gasteiger partial charge on any atom is 0.257 e. The van der Waals surface area contributed by atoms with E-state index in [0.29, 0.717) is 11.8 Å². The van der Waals surface area contributed by atoms with E-state index in [9.17, 15) is 4.79 Å². The number of amides is 1. The first-order valence-electron chi connectivity index (χ1n) is 6.34. The molecule has 0 fully saturated rings. The minimum absolute atomic E-state index is 0.0550. The van der Waals surface area contributed by atoms with E-state index >= 15 is 0 Å². The molecular formula is C14H22N2O2. The number of carbonyl (C=O) groups is 1. The molecule has 1 rings (SSSR count). The third kappa shape index (κ3) is 4.75. The van der Waals surface area contributed by atoms with Gasteiger partial charge >= 0.3 is 0 Å². The van der Waals surface area contributed by atoms with Crippen LogP contribution in [0.1, 0.15) is 31.9 Å². The summed E-state index contributed by atoms with van der Waals surface area (Å²) >= 11 is 0. The highest BCUT2D eigenvalue weighted by Gasteiger charge is 2.04. The van der Waals surface area contributed by atoms with Crippen molar-refractivity contribution in [1.82, 2.24) is 10.6 Å². The molecule has 1 aromatic carbocycles. The number of ether oxygens (including phenoxy) is 1. The first-order valence-corrected chi connectivity index (χ1v) is 6.34. The molecular weight excluding hydrogens is 228 g/mol. The van der Waals surface area contributed by atoms with E-state index in [-0.39, 0.29) is 12.5 Å². The fraction of sp³-hybridized carbons (Fsp3) is 0.500. The molecule has 0 aliphatic heterocycles. The molecule has 18 heavy (non-hydrogen) atoms. The molecule has 100 valence electrons. The highest BCUT2D eigenvalue weighted by Crippen LogP contribution is 2.17. The zero-order valence-corrected chi connectivity index (χ0v) is 11.3. The van der Waals surface area contributed by atoms with Crippen LogP contribution in [0, 0.1) is 0 Å². The van der Waals surface area contributed by atoms with Gasteiger partial charge in [0.15, 0.2) is 6.61 Å². The van der Waals surface area contributed by atoms with Crippen LogP contribution in [0.15, 0.2) is 24.3 Å². The fourth-order valence-corrected chi connectivity index (χ4v) is 1.55. The van der Waals surface area contributed by atoms with E-state index in [4.69, 9.17) is 4.74 Å². The summed E-state index contributed by atoms with van der Waals surface area (Å²) in [6, 6.07) is 8.15. The van der Waals surface area contributed by atoms with Gasteiger partial charge in [-0.2, -0.15) is 0 Å². The van der Waals surface area contributed by atoms with Gasteiger partial charge in [0.25, 0.3) is 5.91 Å². The Bertz CT molecular complexity index is 363. The van der Waals surface area contributed by atoms with Gasteiger partial charge in [-0.15, -0.1) is 0 Å². The Morgan fingerprint density at radius 2 is 2.00 bits per heavy atom. The van der Waals surface area contributed by atoms with Crippen LogP contribution in [0.25, 0.3) is 0 Å². The topological polar surface area (TPSA) is 50.4 Å². The van der Waals surface area contributed by atoms with Gasteiger partial charge in [0.05, 0.1) is 0 Å². The molecule has 0 heterocycles. The highest BCUT2D eigenvalue weighted by molar-refractivity contribution is 5.77. The molecule has 0 bridgehead atoms. The molecule has 1 atom stereocenters. The number of hydrogen-bond donors (Lipinski definition) is 2. The van der Waals surface area contributed by atoms with Gasteiger partial charge in [0.2, 0.25) is 0 Å². The van der Waals surface area contributed by atoms with E-state index in [1.165, 1.54) is 5.56 Å². The molecule has 1 unspecified atom stereocenters. The second-order valence-electron chi connectivity index (χ2n) is 4.21. The molecule has 1 amide bonds.